The van der Waals surface area contributed by atoms with Gasteiger partial charge in [0.05, 0.1) is 5.56 Å². The Labute approximate surface area is 119 Å². The largest absolute Gasteiger partial charge is 0.491 e. The highest BCUT2D eigenvalue weighted by Crippen LogP contribution is 2.35. The summed E-state index contributed by atoms with van der Waals surface area (Å²) in [4.78, 5) is 0. The van der Waals surface area contributed by atoms with E-state index in [1.165, 1.54) is 36.4 Å². The van der Waals surface area contributed by atoms with Crippen LogP contribution < -0.4 is 10.1 Å². The van der Waals surface area contributed by atoms with Crippen LogP contribution in [0.2, 0.25) is 0 Å². The average molecular weight is 299 g/mol. The van der Waals surface area contributed by atoms with Crippen molar-refractivity contribution in [1.82, 2.24) is 0 Å². The quantitative estimate of drug-likeness (QED) is 0.655. The fraction of sp³-hybridized carbons (Fsp3) is 0.200. The van der Waals surface area contributed by atoms with E-state index in [1.807, 2.05) is 0 Å². The summed E-state index contributed by atoms with van der Waals surface area (Å²) in [5.74, 6) is -0.602. The molecule has 21 heavy (non-hydrogen) atoms. The van der Waals surface area contributed by atoms with Gasteiger partial charge >= 0.3 is 6.18 Å². The van der Waals surface area contributed by atoms with Gasteiger partial charge in [-0.1, -0.05) is 18.2 Å². The van der Waals surface area contributed by atoms with Crippen LogP contribution in [0.15, 0.2) is 48.5 Å². The lowest BCUT2D eigenvalue weighted by Crippen LogP contribution is -2.14. The van der Waals surface area contributed by atoms with Gasteiger partial charge in [-0.2, -0.15) is 13.2 Å². The number of alkyl halides is 3. The molecule has 0 aromatic heterocycles. The van der Waals surface area contributed by atoms with E-state index in [9.17, 15) is 17.6 Å². The molecule has 0 heterocycles. The summed E-state index contributed by atoms with van der Waals surface area (Å²) in [5.41, 5.74) is -0.265. The average Bonchev–Trinajstić information content (AvgIpc) is 2.43. The van der Waals surface area contributed by atoms with E-state index in [0.29, 0.717) is 5.69 Å². The zero-order valence-corrected chi connectivity index (χ0v) is 11.0. The van der Waals surface area contributed by atoms with Crippen molar-refractivity contribution in [3.05, 3.63) is 59.9 Å². The molecule has 0 spiro atoms. The van der Waals surface area contributed by atoms with Crippen LogP contribution in [0.25, 0.3) is 0 Å². The first-order valence-corrected chi connectivity index (χ1v) is 6.25. The Balaban J connectivity index is 1.90. The van der Waals surface area contributed by atoms with Crippen LogP contribution in [0.1, 0.15) is 5.56 Å². The Kier molecular flexibility index (Phi) is 4.67. The van der Waals surface area contributed by atoms with E-state index in [-0.39, 0.29) is 24.7 Å². The van der Waals surface area contributed by atoms with Crippen molar-refractivity contribution in [2.75, 3.05) is 18.5 Å². The summed E-state index contributed by atoms with van der Waals surface area (Å²) in [6, 6.07) is 10.8. The van der Waals surface area contributed by atoms with Crippen molar-refractivity contribution >= 4 is 5.69 Å². The molecule has 2 aromatic carbocycles. The highest BCUT2D eigenvalue weighted by molar-refractivity contribution is 5.43. The number of hydrogen-bond donors (Lipinski definition) is 1. The maximum Gasteiger partial charge on any atom is 0.419 e. The Morgan fingerprint density at radius 2 is 1.76 bits per heavy atom. The number of para-hydroxylation sites is 1. The minimum atomic E-state index is -4.45. The van der Waals surface area contributed by atoms with Gasteiger partial charge in [0.25, 0.3) is 0 Å². The van der Waals surface area contributed by atoms with Crippen LogP contribution in [0.5, 0.6) is 5.75 Å². The summed E-state index contributed by atoms with van der Waals surface area (Å²) >= 11 is 0. The second kappa shape index (κ2) is 6.47. The molecule has 2 aromatic rings. The fourth-order valence-corrected chi connectivity index (χ4v) is 1.78. The maximum atomic E-state index is 12.9. The lowest BCUT2D eigenvalue weighted by atomic mass is 10.2. The Bertz CT molecular complexity index is 598. The fourth-order valence-electron chi connectivity index (χ4n) is 1.78. The number of hydrogen-bond acceptors (Lipinski definition) is 2. The lowest BCUT2D eigenvalue weighted by Gasteiger charge is -2.14. The number of ether oxygens (including phenoxy) is 1. The molecule has 0 saturated heterocycles. The van der Waals surface area contributed by atoms with Gasteiger partial charge in [-0.3, -0.25) is 0 Å². The Morgan fingerprint density at radius 3 is 2.48 bits per heavy atom. The SMILES string of the molecule is Fc1cccc(NCCOc2ccccc2C(F)(F)F)c1. The molecule has 0 aliphatic heterocycles. The van der Waals surface area contributed by atoms with Crippen molar-refractivity contribution in [1.29, 1.82) is 0 Å². The summed E-state index contributed by atoms with van der Waals surface area (Å²) in [6.07, 6.45) is -4.45. The third kappa shape index (κ3) is 4.37. The number of anilines is 1. The van der Waals surface area contributed by atoms with Crippen LogP contribution in [0, 0.1) is 5.82 Å². The summed E-state index contributed by atoms with van der Waals surface area (Å²) in [6.45, 7) is 0.291. The molecule has 0 amide bonds. The van der Waals surface area contributed by atoms with E-state index >= 15 is 0 Å². The number of halogens is 4. The van der Waals surface area contributed by atoms with Gasteiger partial charge in [-0.25, -0.2) is 4.39 Å². The van der Waals surface area contributed by atoms with Gasteiger partial charge in [0.1, 0.15) is 18.2 Å². The van der Waals surface area contributed by atoms with Crippen molar-refractivity contribution < 1.29 is 22.3 Å². The molecule has 2 nitrogen and oxygen atoms in total. The predicted molar refractivity (Wildman–Crippen MR) is 71.8 cm³/mol. The normalized spacial score (nSPS) is 11.2. The first kappa shape index (κ1) is 15.2. The van der Waals surface area contributed by atoms with Gasteiger partial charge in [-0.05, 0) is 30.3 Å². The standard InChI is InChI=1S/C15H13F4NO/c16-11-4-3-5-12(10-11)20-8-9-21-14-7-2-1-6-13(14)15(17,18)19/h1-7,10,20H,8-9H2. The molecule has 0 radical (unpaired) electrons. The predicted octanol–water partition coefficient (Wildman–Crippen LogP) is 4.34. The van der Waals surface area contributed by atoms with Crippen LogP contribution in [0.4, 0.5) is 23.2 Å². The van der Waals surface area contributed by atoms with Gasteiger partial charge in [0.2, 0.25) is 0 Å². The maximum absolute atomic E-state index is 12.9. The van der Waals surface area contributed by atoms with Crippen LogP contribution >= 0.6 is 0 Å². The van der Waals surface area contributed by atoms with Crippen molar-refractivity contribution in [2.24, 2.45) is 0 Å². The molecule has 1 N–H and O–H groups in total. The molecule has 0 bridgehead atoms. The van der Waals surface area contributed by atoms with E-state index in [2.05, 4.69) is 5.32 Å². The van der Waals surface area contributed by atoms with Gasteiger partial charge < -0.3 is 10.1 Å². The minimum Gasteiger partial charge on any atom is -0.491 e. The van der Waals surface area contributed by atoms with E-state index in [1.54, 1.807) is 6.07 Å². The summed E-state index contributed by atoms with van der Waals surface area (Å²) in [5, 5.41) is 2.87. The smallest absolute Gasteiger partial charge is 0.419 e. The van der Waals surface area contributed by atoms with Crippen molar-refractivity contribution in [3.63, 3.8) is 0 Å². The molecule has 0 unspecified atom stereocenters. The minimum absolute atomic E-state index is 0.0314. The zero-order valence-electron chi connectivity index (χ0n) is 11.0. The molecule has 0 atom stereocenters. The monoisotopic (exact) mass is 299 g/mol. The number of benzene rings is 2. The molecule has 0 saturated carbocycles. The third-order valence-corrected chi connectivity index (χ3v) is 2.71. The third-order valence-electron chi connectivity index (χ3n) is 2.71. The molecule has 2 rings (SSSR count). The molecule has 0 fully saturated rings. The first-order chi connectivity index (χ1) is 9.97. The first-order valence-electron chi connectivity index (χ1n) is 6.25. The molecule has 6 heteroatoms. The zero-order chi connectivity index (χ0) is 15.3. The van der Waals surface area contributed by atoms with Gasteiger partial charge in [-0.15, -0.1) is 0 Å². The highest BCUT2D eigenvalue weighted by atomic mass is 19.4. The number of rotatable bonds is 5. The van der Waals surface area contributed by atoms with Crippen molar-refractivity contribution in [3.8, 4) is 5.75 Å². The molecular weight excluding hydrogens is 286 g/mol. The van der Waals surface area contributed by atoms with Crippen LogP contribution in [0.3, 0.4) is 0 Å². The van der Waals surface area contributed by atoms with E-state index in [0.717, 1.165) is 6.07 Å². The van der Waals surface area contributed by atoms with Crippen molar-refractivity contribution in [2.45, 2.75) is 6.18 Å². The summed E-state index contributed by atoms with van der Waals surface area (Å²) < 4.78 is 56.3. The molecular formula is C15H13F4NO. The van der Waals surface area contributed by atoms with Crippen LogP contribution in [-0.4, -0.2) is 13.2 Å². The molecule has 0 aliphatic carbocycles. The Morgan fingerprint density at radius 1 is 1.00 bits per heavy atom. The second-order valence-electron chi connectivity index (χ2n) is 4.28. The lowest BCUT2D eigenvalue weighted by molar-refractivity contribution is -0.138. The van der Waals surface area contributed by atoms with Gasteiger partial charge in [0, 0.05) is 12.2 Å². The van der Waals surface area contributed by atoms with Gasteiger partial charge in [0.15, 0.2) is 0 Å². The van der Waals surface area contributed by atoms with E-state index in [4.69, 9.17) is 4.74 Å². The highest BCUT2D eigenvalue weighted by Gasteiger charge is 2.33. The molecule has 0 aliphatic rings. The van der Waals surface area contributed by atoms with Crippen LogP contribution in [-0.2, 0) is 6.18 Å². The number of nitrogens with one attached hydrogen (secondary N) is 1. The second-order valence-corrected chi connectivity index (χ2v) is 4.28. The summed E-state index contributed by atoms with van der Waals surface area (Å²) in [7, 11) is 0. The topological polar surface area (TPSA) is 21.3 Å². The van der Waals surface area contributed by atoms with E-state index < -0.39 is 11.7 Å². The molecule has 112 valence electrons. The Hall–Kier alpha value is -2.24.